The minimum atomic E-state index is -0.385. The maximum Gasteiger partial charge on any atom is 0.267 e. The Morgan fingerprint density at radius 3 is 2.48 bits per heavy atom. The van der Waals surface area contributed by atoms with Crippen LogP contribution in [-0.2, 0) is 13.1 Å². The summed E-state index contributed by atoms with van der Waals surface area (Å²) in [5.74, 6) is 0.0155. The van der Waals surface area contributed by atoms with Crippen LogP contribution < -0.4 is 5.56 Å². The number of rotatable bonds is 4. The standard InChI is InChI=1S/C13H15N5O2S/c1-3-17-10(19)9(11(20)18(4-2)13(17)21)8-16-12-14-6-5-7-15-12/h5-8,19H,3-4H2,1-2H3/b16-8+. The van der Waals surface area contributed by atoms with Crippen LogP contribution in [0.15, 0.2) is 28.2 Å². The van der Waals surface area contributed by atoms with Gasteiger partial charge in [0.1, 0.15) is 5.56 Å². The van der Waals surface area contributed by atoms with Crippen LogP contribution in [0.2, 0.25) is 0 Å². The van der Waals surface area contributed by atoms with Crippen molar-refractivity contribution in [2.45, 2.75) is 26.9 Å². The van der Waals surface area contributed by atoms with Crippen molar-refractivity contribution in [3.8, 4) is 5.88 Å². The molecule has 0 saturated carbocycles. The van der Waals surface area contributed by atoms with Gasteiger partial charge in [0.25, 0.3) is 5.56 Å². The molecule has 0 saturated heterocycles. The van der Waals surface area contributed by atoms with Crippen molar-refractivity contribution in [3.05, 3.63) is 39.1 Å². The molecular formula is C13H15N5O2S. The highest BCUT2D eigenvalue weighted by Crippen LogP contribution is 2.13. The number of aliphatic imine (C=N–C) groups is 1. The van der Waals surface area contributed by atoms with Gasteiger partial charge in [-0.05, 0) is 32.1 Å². The number of hydrogen-bond donors (Lipinski definition) is 1. The van der Waals surface area contributed by atoms with Crippen molar-refractivity contribution in [1.29, 1.82) is 0 Å². The summed E-state index contributed by atoms with van der Waals surface area (Å²) in [6.07, 6.45) is 4.35. The van der Waals surface area contributed by atoms with Crippen LogP contribution in [0.1, 0.15) is 19.4 Å². The zero-order valence-corrected chi connectivity index (χ0v) is 12.5. The van der Waals surface area contributed by atoms with Crippen molar-refractivity contribution >= 4 is 24.4 Å². The third kappa shape index (κ3) is 2.89. The Morgan fingerprint density at radius 1 is 1.29 bits per heavy atom. The topological polar surface area (TPSA) is 85.3 Å². The molecule has 8 heteroatoms. The highest BCUT2D eigenvalue weighted by Gasteiger charge is 2.13. The lowest BCUT2D eigenvalue weighted by Gasteiger charge is -2.13. The van der Waals surface area contributed by atoms with E-state index in [9.17, 15) is 9.90 Å². The number of aromatic nitrogens is 4. The molecule has 0 radical (unpaired) electrons. The van der Waals surface area contributed by atoms with E-state index >= 15 is 0 Å². The summed E-state index contributed by atoms with van der Waals surface area (Å²) in [7, 11) is 0. The Hall–Kier alpha value is -2.35. The van der Waals surface area contributed by atoms with Gasteiger partial charge in [0.15, 0.2) is 4.77 Å². The Balaban J connectivity index is 2.61. The van der Waals surface area contributed by atoms with Crippen molar-refractivity contribution < 1.29 is 5.11 Å². The monoisotopic (exact) mass is 305 g/mol. The zero-order valence-electron chi connectivity index (χ0n) is 11.7. The van der Waals surface area contributed by atoms with Gasteiger partial charge in [-0.1, -0.05) is 0 Å². The van der Waals surface area contributed by atoms with Crippen LogP contribution in [-0.4, -0.2) is 30.4 Å². The average Bonchev–Trinajstić information content (AvgIpc) is 2.49. The summed E-state index contributed by atoms with van der Waals surface area (Å²) in [4.78, 5) is 24.2. The molecule has 21 heavy (non-hydrogen) atoms. The van der Waals surface area contributed by atoms with E-state index in [4.69, 9.17) is 12.2 Å². The van der Waals surface area contributed by atoms with Crippen molar-refractivity contribution in [1.82, 2.24) is 19.1 Å². The van der Waals surface area contributed by atoms with E-state index in [-0.39, 0.29) is 27.7 Å². The molecule has 0 aliphatic rings. The molecule has 0 bridgehead atoms. The van der Waals surface area contributed by atoms with Gasteiger partial charge in [0, 0.05) is 31.7 Å². The molecule has 2 aromatic heterocycles. The second-order valence-electron chi connectivity index (χ2n) is 4.12. The molecule has 0 aromatic carbocycles. The molecule has 0 unspecified atom stereocenters. The average molecular weight is 305 g/mol. The van der Waals surface area contributed by atoms with Gasteiger partial charge < -0.3 is 5.11 Å². The van der Waals surface area contributed by atoms with Gasteiger partial charge in [-0.2, -0.15) is 0 Å². The summed E-state index contributed by atoms with van der Waals surface area (Å²) < 4.78 is 3.18. The molecule has 0 atom stereocenters. The van der Waals surface area contributed by atoms with Crippen molar-refractivity contribution in [3.63, 3.8) is 0 Å². The van der Waals surface area contributed by atoms with E-state index in [1.54, 1.807) is 18.5 Å². The first-order chi connectivity index (χ1) is 10.1. The van der Waals surface area contributed by atoms with E-state index in [1.807, 2.05) is 13.8 Å². The largest absolute Gasteiger partial charge is 0.494 e. The van der Waals surface area contributed by atoms with Gasteiger partial charge in [0.2, 0.25) is 11.8 Å². The van der Waals surface area contributed by atoms with E-state index in [0.29, 0.717) is 13.1 Å². The van der Waals surface area contributed by atoms with E-state index in [1.165, 1.54) is 15.3 Å². The van der Waals surface area contributed by atoms with Gasteiger partial charge in [-0.25, -0.2) is 15.0 Å². The second kappa shape index (κ2) is 6.40. The molecule has 0 amide bonds. The minimum absolute atomic E-state index is 0.0692. The third-order valence-corrected chi connectivity index (χ3v) is 3.37. The van der Waals surface area contributed by atoms with E-state index < -0.39 is 0 Å². The molecule has 0 spiro atoms. The number of aromatic hydroxyl groups is 1. The first-order valence-corrected chi connectivity index (χ1v) is 6.88. The number of hydrogen-bond acceptors (Lipinski definition) is 6. The van der Waals surface area contributed by atoms with E-state index in [2.05, 4.69) is 15.0 Å². The summed E-state index contributed by atoms with van der Waals surface area (Å²) in [5.41, 5.74) is -0.316. The SMILES string of the molecule is CCn1c(O)c(/C=N/c2ncccn2)c(=O)n(CC)c1=S. The zero-order chi connectivity index (χ0) is 15.4. The van der Waals surface area contributed by atoms with Gasteiger partial charge in [-0.15, -0.1) is 0 Å². The van der Waals surface area contributed by atoms with Crippen LogP contribution >= 0.6 is 12.2 Å². The third-order valence-electron chi connectivity index (χ3n) is 2.93. The predicted octanol–water partition coefficient (Wildman–Crippen LogP) is 1.67. The first-order valence-electron chi connectivity index (χ1n) is 6.47. The smallest absolute Gasteiger partial charge is 0.267 e. The lowest BCUT2D eigenvalue weighted by atomic mass is 10.3. The Kier molecular flexibility index (Phi) is 4.59. The van der Waals surface area contributed by atoms with Crippen LogP contribution in [0.25, 0.3) is 0 Å². The fourth-order valence-corrected chi connectivity index (χ4v) is 2.29. The van der Waals surface area contributed by atoms with E-state index in [0.717, 1.165) is 0 Å². The van der Waals surface area contributed by atoms with Gasteiger partial charge in [-0.3, -0.25) is 13.9 Å². The predicted molar refractivity (Wildman–Crippen MR) is 81.8 cm³/mol. The lowest BCUT2D eigenvalue weighted by molar-refractivity contribution is 0.399. The maximum absolute atomic E-state index is 12.3. The summed E-state index contributed by atoms with van der Waals surface area (Å²) in [5, 5.41) is 10.2. The normalized spacial score (nSPS) is 11.1. The van der Waals surface area contributed by atoms with Crippen LogP contribution in [0.5, 0.6) is 5.88 Å². The van der Waals surface area contributed by atoms with Crippen molar-refractivity contribution in [2.75, 3.05) is 0 Å². The molecule has 2 rings (SSSR count). The Morgan fingerprint density at radius 2 is 1.90 bits per heavy atom. The fraction of sp³-hybridized carbons (Fsp3) is 0.308. The fourth-order valence-electron chi connectivity index (χ4n) is 1.87. The molecule has 0 aliphatic heterocycles. The lowest BCUT2D eigenvalue weighted by Crippen LogP contribution is -2.27. The molecular weight excluding hydrogens is 290 g/mol. The minimum Gasteiger partial charge on any atom is -0.494 e. The highest BCUT2D eigenvalue weighted by molar-refractivity contribution is 7.71. The van der Waals surface area contributed by atoms with Crippen LogP contribution in [0, 0.1) is 4.77 Å². The molecule has 110 valence electrons. The van der Waals surface area contributed by atoms with Gasteiger partial charge >= 0.3 is 0 Å². The summed E-state index contributed by atoms with van der Waals surface area (Å²) in [6.45, 7) is 4.52. The molecule has 2 aromatic rings. The van der Waals surface area contributed by atoms with Crippen LogP contribution in [0.4, 0.5) is 5.95 Å². The summed E-state index contributed by atoms with van der Waals surface area (Å²) >= 11 is 5.20. The maximum atomic E-state index is 12.3. The quantitative estimate of drug-likeness (QED) is 0.686. The van der Waals surface area contributed by atoms with Crippen LogP contribution in [0.3, 0.4) is 0 Å². The number of nitrogens with zero attached hydrogens (tertiary/aromatic N) is 5. The molecule has 1 N–H and O–H groups in total. The van der Waals surface area contributed by atoms with Crippen molar-refractivity contribution in [2.24, 2.45) is 4.99 Å². The highest BCUT2D eigenvalue weighted by atomic mass is 32.1. The molecule has 0 aliphatic carbocycles. The molecule has 7 nitrogen and oxygen atoms in total. The molecule has 2 heterocycles. The second-order valence-corrected chi connectivity index (χ2v) is 4.49. The first kappa shape index (κ1) is 15.0. The Bertz CT molecular complexity index is 780. The summed E-state index contributed by atoms with van der Waals surface area (Å²) in [6, 6.07) is 1.66. The molecule has 0 fully saturated rings. The van der Waals surface area contributed by atoms with Gasteiger partial charge in [0.05, 0.1) is 0 Å². The Labute approximate surface area is 126 Å².